The molecule has 6 rings (SSSR count). The first kappa shape index (κ1) is 57.9. The minimum atomic E-state index is -1.06. The first-order valence-electron chi connectivity index (χ1n) is 26.5. The van der Waals surface area contributed by atoms with Crippen LogP contribution in [-0.2, 0) is 28.7 Å². The second-order valence-corrected chi connectivity index (χ2v) is 19.9. The number of nitrogens with zero attached hydrogens (tertiary/aromatic N) is 5. The fraction of sp³-hybridized carbons (Fsp3) is 0.564. The summed E-state index contributed by atoms with van der Waals surface area (Å²) in [6, 6.07) is 0. The molecule has 9 N–H and O–H groups in total. The third-order valence-corrected chi connectivity index (χ3v) is 14.5. The van der Waals surface area contributed by atoms with Crippen LogP contribution in [0.15, 0.2) is 106 Å². The number of hydrogen-bond donors (Lipinski definition) is 9. The number of unbranched alkanes of at least 4 members (excludes halogenated alkanes) is 3. The van der Waals surface area contributed by atoms with Gasteiger partial charge in [-0.1, -0.05) is 40.0 Å². The number of amides is 2. The molecule has 408 valence electrons. The van der Waals surface area contributed by atoms with E-state index in [1.807, 2.05) is 13.0 Å². The molecule has 0 aromatic heterocycles. The van der Waals surface area contributed by atoms with Crippen LogP contribution in [0, 0.1) is 11.8 Å². The lowest BCUT2D eigenvalue weighted by atomic mass is 9.86. The zero-order valence-corrected chi connectivity index (χ0v) is 44.8. The van der Waals surface area contributed by atoms with Crippen molar-refractivity contribution in [3.05, 3.63) is 91.5 Å². The number of carboxylic acids is 3. The maximum absolute atomic E-state index is 13.5. The first-order valence-corrected chi connectivity index (χ1v) is 26.5. The Kier molecular flexibility index (Phi) is 21.2. The average Bonchev–Trinajstić information content (AvgIpc) is 4.12. The number of fused-ring (bicyclic) bond motifs is 5. The average molecular weight is 1040 g/mol. The summed E-state index contributed by atoms with van der Waals surface area (Å²) < 4.78 is 6.50. The van der Waals surface area contributed by atoms with E-state index in [1.165, 1.54) is 6.42 Å². The topological polar surface area (TPSA) is 279 Å². The van der Waals surface area contributed by atoms with Crippen LogP contribution in [0.25, 0.3) is 0 Å². The van der Waals surface area contributed by atoms with Crippen molar-refractivity contribution in [3.8, 4) is 0 Å². The van der Waals surface area contributed by atoms with E-state index in [9.17, 15) is 39.3 Å². The van der Waals surface area contributed by atoms with Gasteiger partial charge in [-0.2, -0.15) is 0 Å². The van der Waals surface area contributed by atoms with Crippen LogP contribution < -0.4 is 26.6 Å². The third-order valence-electron chi connectivity index (χ3n) is 14.5. The van der Waals surface area contributed by atoms with Crippen LogP contribution in [0.1, 0.15) is 99.8 Å². The van der Waals surface area contributed by atoms with Crippen LogP contribution in [0.4, 0.5) is 0 Å². The molecule has 0 saturated carbocycles. The molecule has 8 bridgehead atoms. The number of ether oxygens (including phenoxy) is 1. The lowest BCUT2D eigenvalue weighted by Crippen LogP contribution is -2.45. The zero-order chi connectivity index (χ0) is 54.3. The van der Waals surface area contributed by atoms with Gasteiger partial charge in [0.1, 0.15) is 5.76 Å². The zero-order valence-electron chi connectivity index (χ0n) is 44.8. The summed E-state index contributed by atoms with van der Waals surface area (Å²) in [7, 11) is 0. The standard InChI is InChI=1S/C55H78N10O10/c1-8-10-11-12-23-75-36(7)52-34(5)42-25-41-33(4)38(54(62-41)39-24-46(66)53-35(6)43(63-55(39)53)26-44-37(9-2)32(3)40(60-44)27-45(52)61-42)13-14-47(67)58-15-16-59-48(68)28-56-17-19-64(30-50(71)72)21-22-65(31-51(73)74)20-18-57-29-49(69)70/h25-27,33,36,38,56-57,62,66H,8-24,28-31H2,1-7H3,(H,58,67)(H,59,68)(H,69,70)(H,71,72)(H,73,74)/t33?,36?,38-/m0/s1. The maximum Gasteiger partial charge on any atom is 0.317 e. The summed E-state index contributed by atoms with van der Waals surface area (Å²) in [5.74, 6) is -3.53. The van der Waals surface area contributed by atoms with Crippen molar-refractivity contribution in [1.29, 1.82) is 0 Å². The highest BCUT2D eigenvalue weighted by atomic mass is 16.5. The molecule has 0 spiro atoms. The van der Waals surface area contributed by atoms with Gasteiger partial charge in [-0.05, 0) is 87.5 Å². The molecule has 20 nitrogen and oxygen atoms in total. The molecule has 1 aliphatic carbocycles. The second kappa shape index (κ2) is 27.5. The Bertz CT molecular complexity index is 2590. The summed E-state index contributed by atoms with van der Waals surface area (Å²) in [5, 5.41) is 54.4. The van der Waals surface area contributed by atoms with Crippen LogP contribution >= 0.6 is 0 Å². The summed E-state index contributed by atoms with van der Waals surface area (Å²) in [5.41, 5.74) is 13.6. The second-order valence-electron chi connectivity index (χ2n) is 19.9. The van der Waals surface area contributed by atoms with E-state index in [2.05, 4.69) is 80.3 Å². The number of hydrogen-bond acceptors (Lipinski definition) is 15. The first-order chi connectivity index (χ1) is 35.9. The number of aliphatic carboxylic acids is 3. The fourth-order valence-corrected chi connectivity index (χ4v) is 10.4. The number of aliphatic imine (C=N–C) groups is 3. The molecular formula is C55H78N10O10. The maximum atomic E-state index is 13.5. The molecule has 0 aromatic rings. The number of allylic oxidation sites excluding steroid dienone is 11. The Balaban J connectivity index is 1.09. The van der Waals surface area contributed by atoms with E-state index in [4.69, 9.17) is 24.8 Å². The van der Waals surface area contributed by atoms with Gasteiger partial charge in [0, 0.05) is 112 Å². The monoisotopic (exact) mass is 1040 g/mol. The third kappa shape index (κ3) is 15.4. The molecule has 2 unspecified atom stereocenters. The van der Waals surface area contributed by atoms with Gasteiger partial charge in [0.15, 0.2) is 0 Å². The Morgan fingerprint density at radius 3 is 2.04 bits per heavy atom. The molecule has 1 saturated heterocycles. The van der Waals surface area contributed by atoms with Gasteiger partial charge in [0.25, 0.3) is 0 Å². The van der Waals surface area contributed by atoms with Gasteiger partial charge in [-0.15, -0.1) is 0 Å². The van der Waals surface area contributed by atoms with Gasteiger partial charge in [-0.25, -0.2) is 15.0 Å². The summed E-state index contributed by atoms with van der Waals surface area (Å²) in [6.07, 6.45) is 12.3. The van der Waals surface area contributed by atoms with Crippen molar-refractivity contribution >= 4 is 46.9 Å². The predicted octanol–water partition coefficient (Wildman–Crippen LogP) is 4.69. The van der Waals surface area contributed by atoms with Crippen LogP contribution in [-0.4, -0.2) is 168 Å². The number of rotatable bonds is 31. The number of carboxylic acid groups (broad SMARTS) is 3. The molecule has 5 heterocycles. The van der Waals surface area contributed by atoms with Crippen LogP contribution in [0.2, 0.25) is 0 Å². The van der Waals surface area contributed by atoms with E-state index in [0.29, 0.717) is 19.4 Å². The van der Waals surface area contributed by atoms with Crippen molar-refractivity contribution in [2.24, 2.45) is 26.8 Å². The highest BCUT2D eigenvalue weighted by Gasteiger charge is 2.41. The number of nitrogens with one attached hydrogen (secondary N) is 5. The normalized spacial score (nSPS) is 19.4. The minimum absolute atomic E-state index is 0.0433. The molecule has 2 amide bonds. The van der Waals surface area contributed by atoms with E-state index in [1.54, 1.807) is 9.80 Å². The molecule has 1 fully saturated rings. The minimum Gasteiger partial charge on any atom is -0.511 e. The molecule has 5 aliphatic heterocycles. The quantitative estimate of drug-likeness (QED) is 0.0426. The Morgan fingerprint density at radius 2 is 1.40 bits per heavy atom. The van der Waals surface area contributed by atoms with Gasteiger partial charge in [-0.3, -0.25) is 33.8 Å². The Labute approximate surface area is 440 Å². The molecule has 0 radical (unpaired) electrons. The van der Waals surface area contributed by atoms with Crippen molar-refractivity contribution in [2.45, 2.75) is 106 Å². The van der Waals surface area contributed by atoms with E-state index >= 15 is 0 Å². The van der Waals surface area contributed by atoms with E-state index in [-0.39, 0.29) is 120 Å². The largest absolute Gasteiger partial charge is 0.511 e. The number of aliphatic hydroxyl groups excluding tert-OH is 1. The Morgan fingerprint density at radius 1 is 0.760 bits per heavy atom. The van der Waals surface area contributed by atoms with Crippen LogP contribution in [0.3, 0.4) is 0 Å². The van der Waals surface area contributed by atoms with E-state index in [0.717, 1.165) is 110 Å². The van der Waals surface area contributed by atoms with Gasteiger partial charge in [0.2, 0.25) is 11.8 Å². The molecule has 0 aromatic carbocycles. The highest BCUT2D eigenvalue weighted by molar-refractivity contribution is 6.21. The molecule has 75 heavy (non-hydrogen) atoms. The summed E-state index contributed by atoms with van der Waals surface area (Å²) in [6.45, 7) is 16.5. The Hall–Kier alpha value is -6.32. The van der Waals surface area contributed by atoms with Crippen molar-refractivity contribution in [2.75, 3.05) is 85.1 Å². The predicted molar refractivity (Wildman–Crippen MR) is 288 cm³/mol. The van der Waals surface area contributed by atoms with Gasteiger partial charge in [0.05, 0.1) is 66.5 Å². The lowest BCUT2D eigenvalue weighted by Gasteiger charge is -2.26. The molecular weight excluding hydrogens is 961 g/mol. The van der Waals surface area contributed by atoms with Crippen molar-refractivity contribution < 1.29 is 49.1 Å². The number of carbonyl (C=O) groups is 5. The van der Waals surface area contributed by atoms with Gasteiger partial charge >= 0.3 is 17.9 Å². The number of aliphatic hydroxyl groups is 1. The van der Waals surface area contributed by atoms with E-state index < -0.39 is 17.9 Å². The number of carbonyl (C=O) groups excluding carboxylic acids is 2. The summed E-state index contributed by atoms with van der Waals surface area (Å²) >= 11 is 0. The van der Waals surface area contributed by atoms with Crippen molar-refractivity contribution in [1.82, 2.24) is 36.4 Å². The smallest absolute Gasteiger partial charge is 0.317 e. The molecule has 3 atom stereocenters. The van der Waals surface area contributed by atoms with Gasteiger partial charge < -0.3 is 51.7 Å². The van der Waals surface area contributed by atoms with Crippen molar-refractivity contribution in [3.63, 3.8) is 0 Å². The van der Waals surface area contributed by atoms with Crippen LogP contribution in [0.5, 0.6) is 0 Å². The molecule has 6 aliphatic rings. The lowest BCUT2D eigenvalue weighted by molar-refractivity contribution is -0.140. The highest BCUT2D eigenvalue weighted by Crippen LogP contribution is 2.46. The fourth-order valence-electron chi connectivity index (χ4n) is 10.4. The molecule has 20 heteroatoms. The SMILES string of the molecule is CCCCCCOC(C)C1=C(C)C2=NC1=CC1=NC(=CC3=C(C)C4=C(O)CC(=C5NC(=C2)C(C)[C@@H]5CCC(=O)NCCNC(=O)CNCCN(CCN(CCNCC(=O)O)CC(=O)O)CC(=O)O)C4=N3)C(CC)=C1C. The summed E-state index contributed by atoms with van der Waals surface area (Å²) in [4.78, 5) is 78.8.